The first-order valence-corrected chi connectivity index (χ1v) is 12.5. The Bertz CT molecular complexity index is 1140. The van der Waals surface area contributed by atoms with E-state index in [1.807, 2.05) is 43.3 Å². The van der Waals surface area contributed by atoms with Crippen molar-refractivity contribution in [1.82, 2.24) is 0 Å². The third-order valence-corrected chi connectivity index (χ3v) is 7.26. The van der Waals surface area contributed by atoms with Crippen molar-refractivity contribution >= 4 is 12.2 Å². The molecule has 3 heteroatoms. The van der Waals surface area contributed by atoms with Gasteiger partial charge in [-0.2, -0.15) is 0 Å². The molecular weight excluding hydrogens is 429 g/mol. The van der Waals surface area contributed by atoms with Crippen molar-refractivity contribution in [3.63, 3.8) is 0 Å². The van der Waals surface area contributed by atoms with E-state index in [1.54, 1.807) is 30.3 Å². The highest BCUT2D eigenvalue weighted by Gasteiger charge is 2.25. The van der Waals surface area contributed by atoms with E-state index in [9.17, 15) is 8.78 Å². The molecule has 0 bridgehead atoms. The van der Waals surface area contributed by atoms with Gasteiger partial charge >= 0.3 is 0 Å². The van der Waals surface area contributed by atoms with Crippen LogP contribution in [0.15, 0.2) is 54.6 Å². The summed E-state index contributed by atoms with van der Waals surface area (Å²) in [6.07, 6.45) is 10.6. The lowest BCUT2D eigenvalue weighted by molar-refractivity contribution is 0.312. The Morgan fingerprint density at radius 2 is 1.44 bits per heavy atom. The standard InChI is InChI=1S/C31H33F3/c1-3-5-26-17-12-23(20-29(26)32)7-6-22-10-15-25(16-11-22)28-19-18-27(30(33)31(28)34)24-13-8-21(4-2)9-14-24/h6-7,10-12,15-21,24H,3-5,8-9,13-14H2,1-2H3. The lowest BCUT2D eigenvalue weighted by atomic mass is 9.77. The van der Waals surface area contributed by atoms with Crippen LogP contribution in [0.3, 0.4) is 0 Å². The molecule has 1 aliphatic carbocycles. The van der Waals surface area contributed by atoms with E-state index in [0.717, 1.165) is 67.6 Å². The summed E-state index contributed by atoms with van der Waals surface area (Å²) in [5, 5.41) is 0. The quantitative estimate of drug-likeness (QED) is 0.307. The van der Waals surface area contributed by atoms with E-state index in [4.69, 9.17) is 0 Å². The van der Waals surface area contributed by atoms with Gasteiger partial charge in [0.2, 0.25) is 0 Å². The van der Waals surface area contributed by atoms with Crippen LogP contribution >= 0.6 is 0 Å². The predicted octanol–water partition coefficient (Wildman–Crippen LogP) is 9.58. The topological polar surface area (TPSA) is 0 Å². The number of hydrogen-bond acceptors (Lipinski definition) is 0. The first-order chi connectivity index (χ1) is 16.5. The highest BCUT2D eigenvalue weighted by Crippen LogP contribution is 2.39. The number of halogens is 3. The van der Waals surface area contributed by atoms with Crippen LogP contribution in [0.25, 0.3) is 23.3 Å². The highest BCUT2D eigenvalue weighted by molar-refractivity contribution is 5.72. The molecule has 0 spiro atoms. The minimum absolute atomic E-state index is 0.111. The van der Waals surface area contributed by atoms with E-state index < -0.39 is 11.6 Å². The summed E-state index contributed by atoms with van der Waals surface area (Å²) in [5.74, 6) is -0.815. The molecular formula is C31H33F3. The van der Waals surface area contributed by atoms with Crippen LogP contribution in [0, 0.1) is 23.4 Å². The van der Waals surface area contributed by atoms with Gasteiger partial charge in [0.1, 0.15) is 5.82 Å². The molecule has 0 nitrogen and oxygen atoms in total. The van der Waals surface area contributed by atoms with Crippen LogP contribution in [0.1, 0.15) is 80.5 Å². The van der Waals surface area contributed by atoms with Crippen LogP contribution in [0.2, 0.25) is 0 Å². The first-order valence-electron chi connectivity index (χ1n) is 12.5. The highest BCUT2D eigenvalue weighted by atomic mass is 19.2. The second kappa shape index (κ2) is 11.1. The molecule has 0 heterocycles. The van der Waals surface area contributed by atoms with Gasteiger partial charge < -0.3 is 0 Å². The minimum atomic E-state index is -0.763. The van der Waals surface area contributed by atoms with Crippen LogP contribution in [-0.4, -0.2) is 0 Å². The van der Waals surface area contributed by atoms with E-state index in [2.05, 4.69) is 6.92 Å². The molecule has 0 radical (unpaired) electrons. The smallest absolute Gasteiger partial charge is 0.166 e. The average molecular weight is 463 g/mol. The van der Waals surface area contributed by atoms with Crippen LogP contribution < -0.4 is 0 Å². The Labute approximate surface area is 201 Å². The summed E-state index contributed by atoms with van der Waals surface area (Å²) in [4.78, 5) is 0. The number of rotatable bonds is 7. The molecule has 34 heavy (non-hydrogen) atoms. The van der Waals surface area contributed by atoms with E-state index in [1.165, 1.54) is 0 Å². The summed E-state index contributed by atoms with van der Waals surface area (Å²) in [6, 6.07) is 16.1. The average Bonchev–Trinajstić information content (AvgIpc) is 2.86. The molecule has 1 saturated carbocycles. The second-order valence-electron chi connectivity index (χ2n) is 9.51. The SMILES string of the molecule is CCCc1ccc(C=Cc2ccc(-c3ccc(C4CCC(CC)CC4)c(F)c3F)cc2)cc1F. The predicted molar refractivity (Wildman–Crippen MR) is 136 cm³/mol. The van der Waals surface area contributed by atoms with Gasteiger partial charge in [-0.1, -0.05) is 87.4 Å². The van der Waals surface area contributed by atoms with Crippen molar-refractivity contribution in [2.75, 3.05) is 0 Å². The fourth-order valence-electron chi connectivity index (χ4n) is 5.09. The molecule has 178 valence electrons. The Balaban J connectivity index is 1.48. The zero-order chi connectivity index (χ0) is 24.1. The summed E-state index contributed by atoms with van der Waals surface area (Å²) < 4.78 is 44.2. The van der Waals surface area contributed by atoms with Gasteiger partial charge in [-0.05, 0) is 77.8 Å². The molecule has 1 fully saturated rings. The summed E-state index contributed by atoms with van der Waals surface area (Å²) >= 11 is 0. The van der Waals surface area contributed by atoms with Gasteiger partial charge in [0.25, 0.3) is 0 Å². The molecule has 0 aromatic heterocycles. The fourth-order valence-corrected chi connectivity index (χ4v) is 5.09. The fraction of sp³-hybridized carbons (Fsp3) is 0.355. The molecule has 3 aromatic carbocycles. The van der Waals surface area contributed by atoms with Crippen molar-refractivity contribution in [3.8, 4) is 11.1 Å². The number of hydrogen-bond donors (Lipinski definition) is 0. The molecule has 0 aliphatic heterocycles. The van der Waals surface area contributed by atoms with Gasteiger partial charge in [0.15, 0.2) is 11.6 Å². The Morgan fingerprint density at radius 3 is 2.09 bits per heavy atom. The third kappa shape index (κ3) is 5.46. The molecule has 0 atom stereocenters. The molecule has 0 N–H and O–H groups in total. The van der Waals surface area contributed by atoms with Gasteiger partial charge in [0.05, 0.1) is 0 Å². The van der Waals surface area contributed by atoms with Crippen molar-refractivity contribution in [2.45, 2.75) is 64.7 Å². The van der Waals surface area contributed by atoms with Gasteiger partial charge in [-0.25, -0.2) is 13.2 Å². The monoisotopic (exact) mass is 462 g/mol. The zero-order valence-electron chi connectivity index (χ0n) is 20.1. The lowest BCUT2D eigenvalue weighted by Crippen LogP contribution is -2.14. The summed E-state index contributed by atoms with van der Waals surface area (Å²) in [7, 11) is 0. The molecule has 0 saturated heterocycles. The van der Waals surface area contributed by atoms with Crippen molar-refractivity contribution in [1.29, 1.82) is 0 Å². The lowest BCUT2D eigenvalue weighted by Gasteiger charge is -2.28. The first kappa shape index (κ1) is 24.3. The van der Waals surface area contributed by atoms with E-state index >= 15 is 4.39 Å². The normalized spacial score (nSPS) is 18.5. The largest absolute Gasteiger partial charge is 0.207 e. The molecule has 1 aliphatic rings. The number of benzene rings is 3. The van der Waals surface area contributed by atoms with Crippen molar-refractivity contribution in [3.05, 3.63) is 94.3 Å². The number of aryl methyl sites for hydroxylation is 1. The Kier molecular flexibility index (Phi) is 7.92. The molecule has 4 rings (SSSR count). The summed E-state index contributed by atoms with van der Waals surface area (Å²) in [6.45, 7) is 4.23. The maximum atomic E-state index is 15.0. The van der Waals surface area contributed by atoms with E-state index in [0.29, 0.717) is 11.1 Å². The zero-order valence-corrected chi connectivity index (χ0v) is 20.1. The molecule has 3 aromatic rings. The molecule has 0 unspecified atom stereocenters. The van der Waals surface area contributed by atoms with Gasteiger partial charge in [0, 0.05) is 5.56 Å². The Morgan fingerprint density at radius 1 is 0.765 bits per heavy atom. The third-order valence-electron chi connectivity index (χ3n) is 7.26. The summed E-state index contributed by atoms with van der Waals surface area (Å²) in [5.41, 5.74) is 3.88. The maximum Gasteiger partial charge on any atom is 0.166 e. The van der Waals surface area contributed by atoms with Crippen molar-refractivity contribution < 1.29 is 13.2 Å². The van der Waals surface area contributed by atoms with Crippen molar-refractivity contribution in [2.24, 2.45) is 5.92 Å². The van der Waals surface area contributed by atoms with Gasteiger partial charge in [-0.15, -0.1) is 0 Å². The van der Waals surface area contributed by atoms with Crippen LogP contribution in [0.4, 0.5) is 13.2 Å². The van der Waals surface area contributed by atoms with Crippen LogP contribution in [0.5, 0.6) is 0 Å². The minimum Gasteiger partial charge on any atom is -0.207 e. The Hall–Kier alpha value is -2.81. The van der Waals surface area contributed by atoms with Crippen LogP contribution in [-0.2, 0) is 6.42 Å². The molecule has 0 amide bonds. The van der Waals surface area contributed by atoms with E-state index in [-0.39, 0.29) is 17.3 Å². The second-order valence-corrected chi connectivity index (χ2v) is 9.51. The van der Waals surface area contributed by atoms with Gasteiger partial charge in [-0.3, -0.25) is 0 Å². The maximum absolute atomic E-state index is 15.0.